The van der Waals surface area contributed by atoms with Crippen LogP contribution >= 0.6 is 11.6 Å². The SMILES string of the molecule is CS(=O)(=O)N1CCC(CC(=O)NC2CCC(c3nc4cc(Cl)ccc4o3)CC2)CC1. The molecular formula is C21H28ClN3O4S. The number of hydrogen-bond donors (Lipinski definition) is 1. The first-order valence-electron chi connectivity index (χ1n) is 10.6. The number of halogens is 1. The quantitative estimate of drug-likeness (QED) is 0.745. The van der Waals surface area contributed by atoms with E-state index in [1.165, 1.54) is 10.6 Å². The Kier molecular flexibility index (Phi) is 6.36. The minimum atomic E-state index is -3.13. The van der Waals surface area contributed by atoms with Gasteiger partial charge in [-0.15, -0.1) is 0 Å². The maximum absolute atomic E-state index is 12.5. The number of carbonyl (C=O) groups excluding carboxylic acids is 1. The van der Waals surface area contributed by atoms with Crippen LogP contribution in [0, 0.1) is 5.92 Å². The molecule has 1 aliphatic carbocycles. The lowest BCUT2D eigenvalue weighted by Crippen LogP contribution is -2.41. The van der Waals surface area contributed by atoms with Crippen molar-refractivity contribution in [3.63, 3.8) is 0 Å². The van der Waals surface area contributed by atoms with Crippen molar-refractivity contribution in [1.82, 2.24) is 14.6 Å². The number of fused-ring (bicyclic) bond motifs is 1. The molecule has 0 unspecified atom stereocenters. The molecule has 1 aromatic heterocycles. The summed E-state index contributed by atoms with van der Waals surface area (Å²) in [7, 11) is -3.13. The van der Waals surface area contributed by atoms with Crippen molar-refractivity contribution in [2.24, 2.45) is 5.92 Å². The summed E-state index contributed by atoms with van der Waals surface area (Å²) in [5, 5.41) is 3.82. The zero-order valence-electron chi connectivity index (χ0n) is 17.1. The number of rotatable bonds is 5. The van der Waals surface area contributed by atoms with E-state index < -0.39 is 10.0 Å². The van der Waals surface area contributed by atoms with E-state index in [4.69, 9.17) is 16.0 Å². The third kappa shape index (κ3) is 5.15. The Balaban J connectivity index is 1.23. The second-order valence-electron chi connectivity index (χ2n) is 8.59. The molecule has 164 valence electrons. The van der Waals surface area contributed by atoms with Gasteiger partial charge < -0.3 is 9.73 Å². The highest BCUT2D eigenvalue weighted by Crippen LogP contribution is 2.34. The summed E-state index contributed by atoms with van der Waals surface area (Å²) in [6.45, 7) is 1.02. The van der Waals surface area contributed by atoms with Crippen LogP contribution in [-0.2, 0) is 14.8 Å². The molecular weight excluding hydrogens is 426 g/mol. The Bertz CT molecular complexity index is 1010. The fraction of sp³-hybridized carbons (Fsp3) is 0.619. The van der Waals surface area contributed by atoms with Crippen molar-refractivity contribution < 1.29 is 17.6 Å². The van der Waals surface area contributed by atoms with Crippen molar-refractivity contribution in [2.75, 3.05) is 19.3 Å². The van der Waals surface area contributed by atoms with E-state index in [0.717, 1.165) is 55.5 Å². The second-order valence-corrected chi connectivity index (χ2v) is 11.0. The molecule has 1 amide bonds. The molecule has 1 saturated carbocycles. The summed E-state index contributed by atoms with van der Waals surface area (Å²) in [5.41, 5.74) is 1.54. The molecule has 2 aromatic rings. The Morgan fingerprint density at radius 2 is 1.90 bits per heavy atom. The van der Waals surface area contributed by atoms with Gasteiger partial charge in [0.15, 0.2) is 11.5 Å². The lowest BCUT2D eigenvalue weighted by atomic mass is 9.85. The van der Waals surface area contributed by atoms with Crippen LogP contribution in [0.2, 0.25) is 5.02 Å². The molecule has 7 nitrogen and oxygen atoms in total. The van der Waals surface area contributed by atoms with E-state index in [9.17, 15) is 13.2 Å². The molecule has 1 N–H and O–H groups in total. The van der Waals surface area contributed by atoms with Gasteiger partial charge in [-0.3, -0.25) is 4.79 Å². The van der Waals surface area contributed by atoms with Crippen molar-refractivity contribution in [2.45, 2.75) is 56.9 Å². The van der Waals surface area contributed by atoms with Crippen LogP contribution in [-0.4, -0.2) is 49.0 Å². The summed E-state index contributed by atoms with van der Waals surface area (Å²) in [6, 6.07) is 5.65. The Hall–Kier alpha value is -1.64. The smallest absolute Gasteiger partial charge is 0.220 e. The molecule has 9 heteroatoms. The summed E-state index contributed by atoms with van der Waals surface area (Å²) in [4.78, 5) is 17.1. The Morgan fingerprint density at radius 3 is 2.57 bits per heavy atom. The topological polar surface area (TPSA) is 92.5 Å². The van der Waals surface area contributed by atoms with Crippen LogP contribution in [0.1, 0.15) is 56.8 Å². The van der Waals surface area contributed by atoms with Gasteiger partial charge in [0.05, 0.1) is 6.26 Å². The highest BCUT2D eigenvalue weighted by molar-refractivity contribution is 7.88. The summed E-state index contributed by atoms with van der Waals surface area (Å²) < 4.78 is 30.6. The van der Waals surface area contributed by atoms with Gasteiger partial charge in [0, 0.05) is 36.5 Å². The molecule has 0 radical (unpaired) electrons. The second kappa shape index (κ2) is 8.85. The van der Waals surface area contributed by atoms with Gasteiger partial charge in [-0.2, -0.15) is 0 Å². The van der Waals surface area contributed by atoms with Gasteiger partial charge in [0.1, 0.15) is 5.52 Å². The zero-order chi connectivity index (χ0) is 21.3. The van der Waals surface area contributed by atoms with E-state index in [1.54, 1.807) is 6.07 Å². The summed E-state index contributed by atoms with van der Waals surface area (Å²) >= 11 is 6.03. The largest absolute Gasteiger partial charge is 0.440 e. The van der Waals surface area contributed by atoms with Gasteiger partial charge in [-0.1, -0.05) is 11.6 Å². The highest BCUT2D eigenvalue weighted by atomic mass is 35.5. The van der Waals surface area contributed by atoms with Gasteiger partial charge in [0.2, 0.25) is 15.9 Å². The van der Waals surface area contributed by atoms with Gasteiger partial charge in [-0.05, 0) is 62.6 Å². The van der Waals surface area contributed by atoms with E-state index in [2.05, 4.69) is 10.3 Å². The minimum absolute atomic E-state index is 0.0766. The molecule has 30 heavy (non-hydrogen) atoms. The number of sulfonamides is 1. The lowest BCUT2D eigenvalue weighted by molar-refractivity contribution is -0.123. The van der Waals surface area contributed by atoms with Crippen LogP contribution in [0.25, 0.3) is 11.1 Å². The molecule has 1 aliphatic heterocycles. The van der Waals surface area contributed by atoms with E-state index >= 15 is 0 Å². The maximum atomic E-state index is 12.5. The average Bonchev–Trinajstić information content (AvgIpc) is 3.11. The maximum Gasteiger partial charge on any atom is 0.220 e. The van der Waals surface area contributed by atoms with E-state index in [-0.39, 0.29) is 23.8 Å². The van der Waals surface area contributed by atoms with Crippen LogP contribution in [0.5, 0.6) is 0 Å². The third-order valence-corrected chi connectivity index (χ3v) is 7.86. The lowest BCUT2D eigenvalue weighted by Gasteiger charge is -2.31. The predicted molar refractivity (Wildman–Crippen MR) is 116 cm³/mol. The highest BCUT2D eigenvalue weighted by Gasteiger charge is 2.29. The zero-order valence-corrected chi connectivity index (χ0v) is 18.7. The van der Waals surface area contributed by atoms with Crippen molar-refractivity contribution in [1.29, 1.82) is 0 Å². The van der Waals surface area contributed by atoms with Crippen LogP contribution < -0.4 is 5.32 Å². The molecule has 1 saturated heterocycles. The predicted octanol–water partition coefficient (Wildman–Crippen LogP) is 3.69. The Labute approximate surface area is 182 Å². The molecule has 0 spiro atoms. The Morgan fingerprint density at radius 1 is 1.20 bits per heavy atom. The molecule has 2 fully saturated rings. The number of oxazole rings is 1. The van der Waals surface area contributed by atoms with Crippen LogP contribution in [0.4, 0.5) is 0 Å². The number of nitrogens with zero attached hydrogens (tertiary/aromatic N) is 2. The third-order valence-electron chi connectivity index (χ3n) is 6.32. The van der Waals surface area contributed by atoms with Crippen molar-refractivity contribution in [3.8, 4) is 0 Å². The van der Waals surface area contributed by atoms with Crippen LogP contribution in [0.15, 0.2) is 22.6 Å². The van der Waals surface area contributed by atoms with Crippen molar-refractivity contribution in [3.05, 3.63) is 29.1 Å². The first-order chi connectivity index (χ1) is 14.3. The van der Waals surface area contributed by atoms with E-state index in [0.29, 0.717) is 24.5 Å². The number of piperidine rings is 1. The summed E-state index contributed by atoms with van der Waals surface area (Å²) in [5.74, 6) is 1.36. The average molecular weight is 454 g/mol. The number of aromatic nitrogens is 1. The standard InChI is InChI=1S/C21H28ClN3O4S/c1-30(27,28)25-10-8-14(9-11-25)12-20(26)23-17-5-2-15(3-6-17)21-24-18-13-16(22)4-7-19(18)29-21/h4,7,13-15,17H,2-3,5-6,8-12H2,1H3,(H,23,26). The number of carbonyl (C=O) groups is 1. The minimum Gasteiger partial charge on any atom is -0.440 e. The van der Waals surface area contributed by atoms with E-state index in [1.807, 2.05) is 12.1 Å². The molecule has 2 aliphatic rings. The van der Waals surface area contributed by atoms with Gasteiger partial charge in [-0.25, -0.2) is 17.7 Å². The fourth-order valence-electron chi connectivity index (χ4n) is 4.57. The van der Waals surface area contributed by atoms with Gasteiger partial charge in [0.25, 0.3) is 0 Å². The molecule has 4 rings (SSSR count). The summed E-state index contributed by atoms with van der Waals surface area (Å²) in [6.07, 6.45) is 6.88. The molecule has 0 atom stereocenters. The number of amides is 1. The van der Waals surface area contributed by atoms with Gasteiger partial charge >= 0.3 is 0 Å². The fourth-order valence-corrected chi connectivity index (χ4v) is 5.61. The number of hydrogen-bond acceptors (Lipinski definition) is 5. The molecule has 0 bridgehead atoms. The van der Waals surface area contributed by atoms with Crippen molar-refractivity contribution >= 4 is 38.6 Å². The monoisotopic (exact) mass is 453 g/mol. The molecule has 2 heterocycles. The number of benzene rings is 1. The first kappa shape index (κ1) is 21.6. The number of nitrogens with one attached hydrogen (secondary N) is 1. The van der Waals surface area contributed by atoms with Crippen LogP contribution in [0.3, 0.4) is 0 Å². The normalized spacial score (nSPS) is 24.2. The molecule has 1 aromatic carbocycles. The first-order valence-corrected chi connectivity index (χ1v) is 12.8.